The van der Waals surface area contributed by atoms with Gasteiger partial charge in [0.15, 0.2) is 0 Å². The monoisotopic (exact) mass is 274 g/mol. The van der Waals surface area contributed by atoms with E-state index in [2.05, 4.69) is 69.5 Å². The molecule has 0 unspecified atom stereocenters. The molecule has 2 rings (SSSR count). The number of rotatable bonds is 3. The van der Waals surface area contributed by atoms with E-state index in [4.69, 9.17) is 0 Å². The van der Waals surface area contributed by atoms with Crippen LogP contribution in [0.3, 0.4) is 0 Å². The Morgan fingerprint density at radius 3 is 1.94 bits per heavy atom. The molecule has 2 aromatic rings. The first-order chi connectivity index (χ1) is 8.63. The lowest BCUT2D eigenvalue weighted by Gasteiger charge is -2.21. The van der Waals surface area contributed by atoms with E-state index in [1.165, 1.54) is 27.3 Å². The summed E-state index contributed by atoms with van der Waals surface area (Å²) in [4.78, 5) is 0. The van der Waals surface area contributed by atoms with Gasteiger partial charge in [-0.25, -0.2) is 0 Å². The molecule has 0 amide bonds. The summed E-state index contributed by atoms with van der Waals surface area (Å²) < 4.78 is 0. The van der Waals surface area contributed by atoms with Gasteiger partial charge in [-0.15, -0.1) is 11.4 Å². The highest BCUT2D eigenvalue weighted by molar-refractivity contribution is 8.59. The molecule has 1 atom stereocenters. The van der Waals surface area contributed by atoms with Crippen molar-refractivity contribution in [3.05, 3.63) is 59.2 Å². The minimum atomic E-state index is -0.286. The second-order valence-corrected chi connectivity index (χ2v) is 8.67. The molecule has 0 bridgehead atoms. The molecule has 0 fully saturated rings. The van der Waals surface area contributed by atoms with Crippen LogP contribution in [0, 0.1) is 20.8 Å². The molecule has 0 aliphatic heterocycles. The van der Waals surface area contributed by atoms with E-state index in [1.54, 1.807) is 0 Å². The molecule has 0 aliphatic rings. The van der Waals surface area contributed by atoms with Gasteiger partial charge in [0.05, 0.1) is 0 Å². The third-order valence-corrected chi connectivity index (χ3v) is 7.53. The van der Waals surface area contributed by atoms with E-state index in [-0.39, 0.29) is 7.12 Å². The topological polar surface area (TPSA) is 0 Å². The van der Waals surface area contributed by atoms with E-state index in [1.807, 2.05) is 11.4 Å². The standard InChI is InChI=1S/C16H19PS/c1-12-10-13(2)16(14(3)11-12)17(18-4)15-8-6-5-7-9-15/h5-11H,1-4H3/t17-/m1/s1. The number of hydrogen-bond donors (Lipinski definition) is 0. The zero-order valence-electron chi connectivity index (χ0n) is 11.4. The molecular formula is C16H19PS. The van der Waals surface area contributed by atoms with Crippen LogP contribution in [0.1, 0.15) is 16.7 Å². The highest BCUT2D eigenvalue weighted by atomic mass is 32.7. The van der Waals surface area contributed by atoms with E-state index >= 15 is 0 Å². The van der Waals surface area contributed by atoms with E-state index in [0.29, 0.717) is 0 Å². The van der Waals surface area contributed by atoms with Crippen LogP contribution in [0.5, 0.6) is 0 Å². The summed E-state index contributed by atoms with van der Waals surface area (Å²) in [7, 11) is -0.286. The van der Waals surface area contributed by atoms with Gasteiger partial charge in [-0.3, -0.25) is 0 Å². The summed E-state index contributed by atoms with van der Waals surface area (Å²) in [6, 6.07) is 15.5. The minimum absolute atomic E-state index is 0.286. The molecule has 0 nitrogen and oxygen atoms in total. The predicted octanol–water partition coefficient (Wildman–Crippen LogP) is 4.32. The van der Waals surface area contributed by atoms with Crippen molar-refractivity contribution in [2.24, 2.45) is 0 Å². The quantitative estimate of drug-likeness (QED) is 0.751. The second kappa shape index (κ2) is 5.91. The van der Waals surface area contributed by atoms with Crippen LogP contribution in [0.15, 0.2) is 42.5 Å². The fourth-order valence-corrected chi connectivity index (χ4v) is 6.66. The summed E-state index contributed by atoms with van der Waals surface area (Å²) in [5.41, 5.74) is 4.21. The van der Waals surface area contributed by atoms with Crippen LogP contribution in [-0.2, 0) is 0 Å². The third-order valence-electron chi connectivity index (χ3n) is 3.01. The number of benzene rings is 2. The Kier molecular flexibility index (Phi) is 4.48. The van der Waals surface area contributed by atoms with Gasteiger partial charge in [-0.1, -0.05) is 48.0 Å². The highest BCUT2D eigenvalue weighted by Crippen LogP contribution is 2.47. The van der Waals surface area contributed by atoms with Crippen molar-refractivity contribution in [1.82, 2.24) is 0 Å². The van der Waals surface area contributed by atoms with Gasteiger partial charge >= 0.3 is 0 Å². The molecule has 0 aromatic heterocycles. The van der Waals surface area contributed by atoms with Gasteiger partial charge in [-0.05, 0) is 48.8 Å². The van der Waals surface area contributed by atoms with E-state index in [0.717, 1.165) is 0 Å². The SMILES string of the molecule is CS[P@](c1ccccc1)c1c(C)cc(C)cc1C. The molecule has 0 heterocycles. The zero-order valence-corrected chi connectivity index (χ0v) is 13.1. The van der Waals surface area contributed by atoms with Crippen molar-refractivity contribution >= 4 is 29.1 Å². The normalized spacial score (nSPS) is 12.4. The summed E-state index contributed by atoms with van der Waals surface area (Å²) in [5.74, 6) is 0. The maximum absolute atomic E-state index is 2.30. The Hall–Kier alpha value is -0.780. The molecule has 0 N–H and O–H groups in total. The molecule has 94 valence electrons. The van der Waals surface area contributed by atoms with Crippen molar-refractivity contribution in [3.8, 4) is 0 Å². The van der Waals surface area contributed by atoms with Crippen molar-refractivity contribution in [2.45, 2.75) is 20.8 Å². The smallest absolute Gasteiger partial charge is 0.0155 e. The molecule has 0 aliphatic carbocycles. The first kappa shape index (κ1) is 13.6. The molecular weight excluding hydrogens is 255 g/mol. The van der Waals surface area contributed by atoms with Crippen LogP contribution in [-0.4, -0.2) is 6.26 Å². The number of aryl methyl sites for hydroxylation is 3. The van der Waals surface area contributed by atoms with Gasteiger partial charge in [0.25, 0.3) is 0 Å². The third kappa shape index (κ3) is 2.79. The Labute approximate surface area is 115 Å². The van der Waals surface area contributed by atoms with Crippen LogP contribution in [0.25, 0.3) is 0 Å². The van der Waals surface area contributed by atoms with Crippen molar-refractivity contribution in [1.29, 1.82) is 0 Å². The van der Waals surface area contributed by atoms with Gasteiger partial charge in [0, 0.05) is 7.12 Å². The van der Waals surface area contributed by atoms with Crippen molar-refractivity contribution in [2.75, 3.05) is 6.26 Å². The van der Waals surface area contributed by atoms with Gasteiger partial charge in [0.1, 0.15) is 0 Å². The lowest BCUT2D eigenvalue weighted by Crippen LogP contribution is -2.15. The Morgan fingerprint density at radius 1 is 0.889 bits per heavy atom. The summed E-state index contributed by atoms with van der Waals surface area (Å²) in [6.45, 7) is 6.65. The maximum Gasteiger partial charge on any atom is 0.0155 e. The molecule has 0 saturated heterocycles. The fraction of sp³-hybridized carbons (Fsp3) is 0.250. The Bertz CT molecular complexity index is 511. The van der Waals surface area contributed by atoms with Gasteiger partial charge < -0.3 is 0 Å². The Balaban J connectivity index is 2.52. The molecule has 18 heavy (non-hydrogen) atoms. The van der Waals surface area contributed by atoms with Crippen LogP contribution < -0.4 is 10.6 Å². The van der Waals surface area contributed by atoms with Gasteiger partial charge in [-0.2, -0.15) is 0 Å². The summed E-state index contributed by atoms with van der Waals surface area (Å²) in [5, 5.41) is 2.99. The first-order valence-corrected chi connectivity index (χ1v) is 9.27. The average Bonchev–Trinajstić information content (AvgIpc) is 2.34. The molecule has 2 aromatic carbocycles. The average molecular weight is 274 g/mol. The molecule has 0 saturated carbocycles. The van der Waals surface area contributed by atoms with E-state index < -0.39 is 0 Å². The molecule has 0 radical (unpaired) electrons. The summed E-state index contributed by atoms with van der Waals surface area (Å²) >= 11 is 1.98. The number of hydrogen-bond acceptors (Lipinski definition) is 1. The first-order valence-electron chi connectivity index (χ1n) is 6.10. The lowest BCUT2D eigenvalue weighted by molar-refractivity contribution is 1.36. The van der Waals surface area contributed by atoms with Crippen molar-refractivity contribution in [3.63, 3.8) is 0 Å². The minimum Gasteiger partial charge on any atom is -0.128 e. The second-order valence-electron chi connectivity index (χ2n) is 4.56. The Morgan fingerprint density at radius 2 is 1.44 bits per heavy atom. The predicted molar refractivity (Wildman–Crippen MR) is 86.8 cm³/mol. The largest absolute Gasteiger partial charge is 0.128 e. The lowest BCUT2D eigenvalue weighted by atomic mass is 10.1. The molecule has 2 heteroatoms. The fourth-order valence-electron chi connectivity index (χ4n) is 2.38. The van der Waals surface area contributed by atoms with Crippen LogP contribution in [0.2, 0.25) is 0 Å². The van der Waals surface area contributed by atoms with E-state index in [9.17, 15) is 0 Å². The van der Waals surface area contributed by atoms with Crippen LogP contribution >= 0.6 is 18.5 Å². The maximum atomic E-state index is 2.30. The molecule has 0 spiro atoms. The summed E-state index contributed by atoms with van der Waals surface area (Å²) in [6.07, 6.45) is 2.22. The van der Waals surface area contributed by atoms with Crippen molar-refractivity contribution < 1.29 is 0 Å². The van der Waals surface area contributed by atoms with Crippen LogP contribution in [0.4, 0.5) is 0 Å². The zero-order chi connectivity index (χ0) is 13.1. The van der Waals surface area contributed by atoms with Gasteiger partial charge in [0.2, 0.25) is 0 Å². The highest BCUT2D eigenvalue weighted by Gasteiger charge is 2.17.